The summed E-state index contributed by atoms with van der Waals surface area (Å²) in [6.07, 6.45) is 0.387. The molecule has 26 heavy (non-hydrogen) atoms. The second-order valence-electron chi connectivity index (χ2n) is 5.66. The van der Waals surface area contributed by atoms with Gasteiger partial charge in [0.2, 0.25) is 11.8 Å². The molecule has 1 N–H and O–H groups in total. The lowest BCUT2D eigenvalue weighted by atomic mass is 10.2. The molecule has 0 aliphatic carbocycles. The van der Waals surface area contributed by atoms with Gasteiger partial charge in [-0.1, -0.05) is 18.2 Å². The van der Waals surface area contributed by atoms with Gasteiger partial charge in [-0.3, -0.25) is 19.3 Å². The zero-order chi connectivity index (χ0) is 18.5. The average molecular weight is 352 g/mol. The first-order valence-electron chi connectivity index (χ1n) is 8.02. The second kappa shape index (κ2) is 7.60. The Morgan fingerprint density at radius 1 is 0.923 bits per heavy atom. The number of nitrogens with zero attached hydrogens (tertiary/aromatic N) is 1. The van der Waals surface area contributed by atoms with Crippen molar-refractivity contribution < 1.29 is 23.9 Å². The van der Waals surface area contributed by atoms with E-state index in [0.717, 1.165) is 4.90 Å². The Hall–Kier alpha value is -3.48. The minimum atomic E-state index is -0.668. The van der Waals surface area contributed by atoms with E-state index in [0.29, 0.717) is 11.4 Å². The third-order valence-electron chi connectivity index (χ3n) is 3.80. The highest BCUT2D eigenvalue weighted by molar-refractivity contribution is 6.19. The number of rotatable bonds is 5. The molecule has 7 nitrogen and oxygen atoms in total. The standard InChI is InChI=1S/C19H16N2O5/c22-16(20-14-4-2-1-3-5-14)12-26-19(25)13-6-8-15(9-7-13)21-17(23)10-11-18(21)24/h1-9H,10-12H2,(H,20,22). The van der Waals surface area contributed by atoms with Gasteiger partial charge in [0, 0.05) is 18.5 Å². The zero-order valence-corrected chi connectivity index (χ0v) is 13.8. The van der Waals surface area contributed by atoms with Gasteiger partial charge in [0.15, 0.2) is 6.61 Å². The molecule has 1 heterocycles. The van der Waals surface area contributed by atoms with Crippen molar-refractivity contribution in [2.45, 2.75) is 12.8 Å². The molecule has 3 amide bonds. The van der Waals surface area contributed by atoms with Crippen molar-refractivity contribution >= 4 is 35.1 Å². The first kappa shape index (κ1) is 17.3. The van der Waals surface area contributed by atoms with Gasteiger partial charge in [-0.15, -0.1) is 0 Å². The van der Waals surface area contributed by atoms with E-state index in [2.05, 4.69) is 5.32 Å². The van der Waals surface area contributed by atoms with Crippen LogP contribution < -0.4 is 10.2 Å². The van der Waals surface area contributed by atoms with E-state index >= 15 is 0 Å². The molecule has 0 atom stereocenters. The Labute approximate surface area is 149 Å². The highest BCUT2D eigenvalue weighted by Gasteiger charge is 2.30. The first-order valence-corrected chi connectivity index (χ1v) is 8.02. The number of hydrogen-bond donors (Lipinski definition) is 1. The van der Waals surface area contributed by atoms with Crippen LogP contribution in [0.1, 0.15) is 23.2 Å². The molecule has 7 heteroatoms. The zero-order valence-electron chi connectivity index (χ0n) is 13.8. The molecule has 0 bridgehead atoms. The van der Waals surface area contributed by atoms with Gasteiger partial charge in [-0.05, 0) is 36.4 Å². The highest BCUT2D eigenvalue weighted by Crippen LogP contribution is 2.22. The second-order valence-corrected chi connectivity index (χ2v) is 5.66. The lowest BCUT2D eigenvalue weighted by Gasteiger charge is -2.14. The molecule has 3 rings (SSSR count). The van der Waals surface area contributed by atoms with Crippen LogP contribution in [-0.4, -0.2) is 30.3 Å². The quantitative estimate of drug-likeness (QED) is 0.657. The molecule has 2 aromatic carbocycles. The molecule has 0 unspecified atom stereocenters. The van der Waals surface area contributed by atoms with E-state index in [1.54, 1.807) is 24.3 Å². The molecule has 2 aromatic rings. The number of nitrogens with one attached hydrogen (secondary N) is 1. The summed E-state index contributed by atoms with van der Waals surface area (Å²) < 4.78 is 4.97. The predicted molar refractivity (Wildman–Crippen MR) is 93.5 cm³/mol. The van der Waals surface area contributed by atoms with Crippen LogP contribution in [-0.2, 0) is 19.1 Å². The largest absolute Gasteiger partial charge is 0.452 e. The van der Waals surface area contributed by atoms with E-state index in [-0.39, 0.29) is 30.2 Å². The van der Waals surface area contributed by atoms with E-state index < -0.39 is 18.5 Å². The molecular weight excluding hydrogens is 336 g/mol. The number of ether oxygens (including phenoxy) is 1. The monoisotopic (exact) mass is 352 g/mol. The van der Waals surface area contributed by atoms with Crippen molar-refractivity contribution in [1.82, 2.24) is 0 Å². The van der Waals surface area contributed by atoms with Gasteiger partial charge in [0.25, 0.3) is 5.91 Å². The third-order valence-corrected chi connectivity index (χ3v) is 3.80. The van der Waals surface area contributed by atoms with Crippen LogP contribution in [0.5, 0.6) is 0 Å². The van der Waals surface area contributed by atoms with Crippen molar-refractivity contribution in [1.29, 1.82) is 0 Å². The molecular formula is C19H16N2O5. The Kier molecular flexibility index (Phi) is 5.07. The van der Waals surface area contributed by atoms with Gasteiger partial charge in [-0.2, -0.15) is 0 Å². The fraction of sp³-hybridized carbons (Fsp3) is 0.158. The highest BCUT2D eigenvalue weighted by atomic mass is 16.5. The molecule has 132 valence electrons. The lowest BCUT2D eigenvalue weighted by molar-refractivity contribution is -0.121. The SMILES string of the molecule is O=C(COC(=O)c1ccc(N2C(=O)CCC2=O)cc1)Nc1ccccc1. The normalized spacial score (nSPS) is 13.6. The number of carbonyl (C=O) groups excluding carboxylic acids is 4. The fourth-order valence-corrected chi connectivity index (χ4v) is 2.54. The summed E-state index contributed by atoms with van der Waals surface area (Å²) in [6.45, 7) is -0.418. The molecule has 0 spiro atoms. The summed E-state index contributed by atoms with van der Waals surface area (Å²) in [5.74, 6) is -1.64. The minimum Gasteiger partial charge on any atom is -0.452 e. The summed E-state index contributed by atoms with van der Waals surface area (Å²) in [5, 5.41) is 2.61. The number of esters is 1. The van der Waals surface area contributed by atoms with Crippen LogP contribution in [0.3, 0.4) is 0 Å². The Morgan fingerprint density at radius 3 is 2.15 bits per heavy atom. The summed E-state index contributed by atoms with van der Waals surface area (Å²) in [4.78, 5) is 48.3. The van der Waals surface area contributed by atoms with Crippen molar-refractivity contribution in [3.8, 4) is 0 Å². The lowest BCUT2D eigenvalue weighted by Crippen LogP contribution is -2.28. The Bertz CT molecular complexity index is 830. The van der Waals surface area contributed by atoms with E-state index in [1.807, 2.05) is 6.07 Å². The van der Waals surface area contributed by atoms with E-state index in [1.165, 1.54) is 24.3 Å². The minimum absolute atomic E-state index is 0.194. The maximum atomic E-state index is 12.0. The average Bonchev–Trinajstić information content (AvgIpc) is 2.99. The number of amides is 3. The van der Waals surface area contributed by atoms with Crippen LogP contribution in [0.4, 0.5) is 11.4 Å². The molecule has 1 saturated heterocycles. The molecule has 0 saturated carbocycles. The smallest absolute Gasteiger partial charge is 0.338 e. The maximum absolute atomic E-state index is 12.0. The summed E-state index contributed by atoms with van der Waals surface area (Å²) in [5.41, 5.74) is 1.24. The third kappa shape index (κ3) is 3.94. The molecule has 0 aromatic heterocycles. The number of hydrogen-bond acceptors (Lipinski definition) is 5. The fourth-order valence-electron chi connectivity index (χ4n) is 2.54. The van der Waals surface area contributed by atoms with Crippen molar-refractivity contribution in [3.63, 3.8) is 0 Å². The number of anilines is 2. The number of para-hydroxylation sites is 1. The molecule has 0 radical (unpaired) electrons. The summed E-state index contributed by atoms with van der Waals surface area (Å²) >= 11 is 0. The van der Waals surface area contributed by atoms with Crippen LogP contribution in [0.15, 0.2) is 54.6 Å². The Balaban J connectivity index is 1.56. The summed E-state index contributed by atoms with van der Waals surface area (Å²) in [6, 6.07) is 14.7. The van der Waals surface area contributed by atoms with Crippen LogP contribution in [0, 0.1) is 0 Å². The number of benzene rings is 2. The molecule has 1 aliphatic rings. The first-order chi connectivity index (χ1) is 12.5. The molecule has 1 aliphatic heterocycles. The van der Waals surface area contributed by atoms with Crippen LogP contribution >= 0.6 is 0 Å². The number of carbonyl (C=O) groups is 4. The predicted octanol–water partition coefficient (Wildman–Crippen LogP) is 2.14. The van der Waals surface area contributed by atoms with Gasteiger partial charge in [-0.25, -0.2) is 4.79 Å². The van der Waals surface area contributed by atoms with Crippen LogP contribution in [0.2, 0.25) is 0 Å². The van der Waals surface area contributed by atoms with Crippen LogP contribution in [0.25, 0.3) is 0 Å². The van der Waals surface area contributed by atoms with Crippen molar-refractivity contribution in [3.05, 3.63) is 60.2 Å². The maximum Gasteiger partial charge on any atom is 0.338 e. The number of imide groups is 1. The molecule has 1 fully saturated rings. The van der Waals surface area contributed by atoms with Gasteiger partial charge in [0.1, 0.15) is 0 Å². The van der Waals surface area contributed by atoms with E-state index in [4.69, 9.17) is 4.74 Å². The van der Waals surface area contributed by atoms with Gasteiger partial charge < -0.3 is 10.1 Å². The van der Waals surface area contributed by atoms with Crippen molar-refractivity contribution in [2.24, 2.45) is 0 Å². The van der Waals surface area contributed by atoms with Gasteiger partial charge in [0.05, 0.1) is 11.3 Å². The van der Waals surface area contributed by atoms with Crippen molar-refractivity contribution in [2.75, 3.05) is 16.8 Å². The topological polar surface area (TPSA) is 92.8 Å². The summed E-state index contributed by atoms with van der Waals surface area (Å²) in [7, 11) is 0. The Morgan fingerprint density at radius 2 is 1.54 bits per heavy atom. The van der Waals surface area contributed by atoms with E-state index in [9.17, 15) is 19.2 Å². The van der Waals surface area contributed by atoms with Gasteiger partial charge >= 0.3 is 5.97 Å².